The van der Waals surface area contributed by atoms with Crippen LogP contribution >= 0.6 is 11.3 Å². The maximum atomic E-state index is 12.4. The predicted octanol–water partition coefficient (Wildman–Crippen LogP) is 3.80. The van der Waals surface area contributed by atoms with Crippen molar-refractivity contribution in [1.29, 1.82) is 0 Å². The number of carbonyl (C=O) groups excluding carboxylic acids is 1. The van der Waals surface area contributed by atoms with Gasteiger partial charge in [-0.2, -0.15) is 0 Å². The standard InChI is InChI=1S/C18H19N3O3S/c1-12-19-15-9-13(5-6-17(15)25-12)23-11-14-10-16(20-24-14)18(22)21-7-3-2-4-8-21/h5-6,9-10H,2-4,7-8,11H2,1H3. The first-order chi connectivity index (χ1) is 12.2. The predicted molar refractivity (Wildman–Crippen MR) is 94.9 cm³/mol. The van der Waals surface area contributed by atoms with Crippen molar-refractivity contribution < 1.29 is 14.1 Å². The molecular formula is C18H19N3O3S. The Balaban J connectivity index is 1.40. The van der Waals surface area contributed by atoms with Crippen LogP contribution in [0.3, 0.4) is 0 Å². The SMILES string of the molecule is Cc1nc2cc(OCc3cc(C(=O)N4CCCCC4)no3)ccc2s1. The minimum atomic E-state index is -0.0610. The van der Waals surface area contributed by atoms with Crippen LogP contribution < -0.4 is 4.74 Å². The highest BCUT2D eigenvalue weighted by Crippen LogP contribution is 2.26. The average molecular weight is 357 g/mol. The zero-order valence-electron chi connectivity index (χ0n) is 14.0. The van der Waals surface area contributed by atoms with E-state index in [1.54, 1.807) is 17.4 Å². The van der Waals surface area contributed by atoms with E-state index in [2.05, 4.69) is 10.1 Å². The molecule has 0 bridgehead atoms. The maximum Gasteiger partial charge on any atom is 0.276 e. The van der Waals surface area contributed by atoms with Gasteiger partial charge in [-0.15, -0.1) is 11.3 Å². The molecule has 3 aromatic rings. The second-order valence-corrected chi connectivity index (χ2v) is 7.42. The fourth-order valence-corrected chi connectivity index (χ4v) is 3.81. The monoisotopic (exact) mass is 357 g/mol. The molecular weight excluding hydrogens is 338 g/mol. The molecule has 1 saturated heterocycles. The number of likely N-dealkylation sites (tertiary alicyclic amines) is 1. The van der Waals surface area contributed by atoms with Gasteiger partial charge in [-0.25, -0.2) is 4.98 Å². The lowest BCUT2D eigenvalue weighted by atomic mass is 10.1. The summed E-state index contributed by atoms with van der Waals surface area (Å²) in [5.74, 6) is 1.20. The number of thiazole rings is 1. The maximum absolute atomic E-state index is 12.4. The van der Waals surface area contributed by atoms with Crippen LogP contribution in [-0.4, -0.2) is 34.0 Å². The number of aromatic nitrogens is 2. The molecule has 1 amide bonds. The summed E-state index contributed by atoms with van der Waals surface area (Å²) in [5, 5.41) is 4.93. The highest BCUT2D eigenvalue weighted by molar-refractivity contribution is 7.18. The summed E-state index contributed by atoms with van der Waals surface area (Å²) >= 11 is 1.66. The minimum Gasteiger partial charge on any atom is -0.485 e. The number of hydrogen-bond donors (Lipinski definition) is 0. The summed E-state index contributed by atoms with van der Waals surface area (Å²) in [6.45, 7) is 3.81. The van der Waals surface area contributed by atoms with Crippen molar-refractivity contribution in [2.24, 2.45) is 0 Å². The number of amides is 1. The van der Waals surface area contributed by atoms with Gasteiger partial charge in [0.05, 0.1) is 15.2 Å². The third-order valence-corrected chi connectivity index (χ3v) is 5.22. The zero-order valence-corrected chi connectivity index (χ0v) is 14.8. The molecule has 7 heteroatoms. The first kappa shape index (κ1) is 16.1. The summed E-state index contributed by atoms with van der Waals surface area (Å²) in [5.41, 5.74) is 1.28. The van der Waals surface area contributed by atoms with E-state index in [1.807, 2.05) is 30.0 Å². The van der Waals surface area contributed by atoms with Gasteiger partial charge < -0.3 is 14.2 Å². The van der Waals surface area contributed by atoms with Crippen molar-refractivity contribution in [1.82, 2.24) is 15.0 Å². The van der Waals surface area contributed by atoms with Crippen LogP contribution in [0.2, 0.25) is 0 Å². The van der Waals surface area contributed by atoms with E-state index in [-0.39, 0.29) is 12.5 Å². The van der Waals surface area contributed by atoms with Crippen molar-refractivity contribution in [2.75, 3.05) is 13.1 Å². The highest BCUT2D eigenvalue weighted by Gasteiger charge is 2.21. The van der Waals surface area contributed by atoms with E-state index < -0.39 is 0 Å². The number of ether oxygens (including phenoxy) is 1. The minimum absolute atomic E-state index is 0.0610. The Bertz CT molecular complexity index is 896. The number of aryl methyl sites for hydroxylation is 1. The Morgan fingerprint density at radius 2 is 2.12 bits per heavy atom. The topological polar surface area (TPSA) is 68.5 Å². The summed E-state index contributed by atoms with van der Waals surface area (Å²) in [4.78, 5) is 18.7. The second kappa shape index (κ2) is 6.84. The molecule has 4 rings (SSSR count). The van der Waals surface area contributed by atoms with Gasteiger partial charge in [0.2, 0.25) is 0 Å². The van der Waals surface area contributed by atoms with Crippen molar-refractivity contribution >= 4 is 27.5 Å². The number of fused-ring (bicyclic) bond motifs is 1. The van der Waals surface area contributed by atoms with Crippen molar-refractivity contribution in [3.8, 4) is 5.75 Å². The van der Waals surface area contributed by atoms with Crippen LogP contribution in [0.15, 0.2) is 28.8 Å². The molecule has 1 aromatic carbocycles. The lowest BCUT2D eigenvalue weighted by Crippen LogP contribution is -2.35. The number of piperidine rings is 1. The van der Waals surface area contributed by atoms with E-state index in [4.69, 9.17) is 9.26 Å². The first-order valence-corrected chi connectivity index (χ1v) is 9.25. The van der Waals surface area contributed by atoms with Gasteiger partial charge in [0.25, 0.3) is 5.91 Å². The molecule has 1 fully saturated rings. The normalized spacial score (nSPS) is 14.8. The van der Waals surface area contributed by atoms with E-state index in [9.17, 15) is 4.79 Å². The lowest BCUT2D eigenvalue weighted by molar-refractivity contribution is 0.0713. The van der Waals surface area contributed by atoms with Gasteiger partial charge >= 0.3 is 0 Å². The Morgan fingerprint density at radius 3 is 2.96 bits per heavy atom. The lowest BCUT2D eigenvalue weighted by Gasteiger charge is -2.25. The largest absolute Gasteiger partial charge is 0.485 e. The molecule has 0 radical (unpaired) electrons. The van der Waals surface area contributed by atoms with Crippen LogP contribution in [0.4, 0.5) is 0 Å². The molecule has 0 aliphatic carbocycles. The van der Waals surface area contributed by atoms with Gasteiger partial charge in [0, 0.05) is 25.2 Å². The molecule has 1 aliphatic rings. The summed E-state index contributed by atoms with van der Waals surface area (Å²) in [7, 11) is 0. The Morgan fingerprint density at radius 1 is 1.28 bits per heavy atom. The van der Waals surface area contributed by atoms with E-state index in [0.29, 0.717) is 11.5 Å². The number of carbonyl (C=O) groups is 1. The molecule has 130 valence electrons. The van der Waals surface area contributed by atoms with E-state index in [0.717, 1.165) is 46.9 Å². The molecule has 3 heterocycles. The number of nitrogens with zero attached hydrogens (tertiary/aromatic N) is 3. The van der Waals surface area contributed by atoms with Crippen LogP contribution in [0.5, 0.6) is 5.75 Å². The third kappa shape index (κ3) is 3.51. The van der Waals surface area contributed by atoms with Gasteiger partial charge in [-0.1, -0.05) is 5.16 Å². The molecule has 0 unspecified atom stereocenters. The molecule has 0 atom stereocenters. The quantitative estimate of drug-likeness (QED) is 0.710. The number of benzene rings is 1. The van der Waals surface area contributed by atoms with Gasteiger partial charge in [0.15, 0.2) is 11.5 Å². The number of rotatable bonds is 4. The first-order valence-electron chi connectivity index (χ1n) is 8.44. The van der Waals surface area contributed by atoms with Crippen LogP contribution in [0, 0.1) is 6.92 Å². The Hall–Kier alpha value is -2.41. The summed E-state index contributed by atoms with van der Waals surface area (Å²) in [6, 6.07) is 7.49. The number of hydrogen-bond acceptors (Lipinski definition) is 6. The molecule has 6 nitrogen and oxygen atoms in total. The third-order valence-electron chi connectivity index (χ3n) is 4.27. The van der Waals surface area contributed by atoms with Crippen LogP contribution in [0.25, 0.3) is 10.2 Å². The average Bonchev–Trinajstić information content (AvgIpc) is 3.25. The Kier molecular flexibility index (Phi) is 4.40. The molecule has 2 aromatic heterocycles. The molecule has 1 aliphatic heterocycles. The molecule has 0 saturated carbocycles. The Labute approximate surface area is 149 Å². The summed E-state index contributed by atoms with van der Waals surface area (Å²) < 4.78 is 12.1. The highest BCUT2D eigenvalue weighted by atomic mass is 32.1. The molecule has 0 spiro atoms. The van der Waals surface area contributed by atoms with E-state index in [1.165, 1.54) is 6.42 Å². The fourth-order valence-electron chi connectivity index (χ4n) is 3.01. The zero-order chi connectivity index (χ0) is 17.2. The van der Waals surface area contributed by atoms with Gasteiger partial charge in [-0.3, -0.25) is 4.79 Å². The molecule has 25 heavy (non-hydrogen) atoms. The van der Waals surface area contributed by atoms with Crippen molar-refractivity contribution in [3.05, 3.63) is 40.7 Å². The van der Waals surface area contributed by atoms with Gasteiger partial charge in [-0.05, 0) is 38.3 Å². The van der Waals surface area contributed by atoms with Gasteiger partial charge in [0.1, 0.15) is 12.4 Å². The van der Waals surface area contributed by atoms with Crippen LogP contribution in [0.1, 0.15) is 40.5 Å². The summed E-state index contributed by atoms with van der Waals surface area (Å²) in [6.07, 6.45) is 3.29. The second-order valence-electron chi connectivity index (χ2n) is 6.18. The van der Waals surface area contributed by atoms with Crippen molar-refractivity contribution in [2.45, 2.75) is 32.8 Å². The van der Waals surface area contributed by atoms with E-state index >= 15 is 0 Å². The fraction of sp³-hybridized carbons (Fsp3) is 0.389. The van der Waals surface area contributed by atoms with Crippen molar-refractivity contribution in [3.63, 3.8) is 0 Å². The molecule has 0 N–H and O–H groups in total. The smallest absolute Gasteiger partial charge is 0.276 e. The van der Waals surface area contributed by atoms with Crippen LogP contribution in [-0.2, 0) is 6.61 Å².